The van der Waals surface area contributed by atoms with Crippen molar-refractivity contribution in [1.82, 2.24) is 19.9 Å². The molecule has 3 aromatic heterocycles. The Labute approximate surface area is 124 Å². The summed E-state index contributed by atoms with van der Waals surface area (Å²) in [5.41, 5.74) is 1.17. The molecule has 0 aromatic carbocycles. The molecule has 0 N–H and O–H groups in total. The molecule has 0 amide bonds. The molecule has 3 aromatic rings. The maximum Gasteiger partial charge on any atom is 0.342 e. The maximum atomic E-state index is 11.9. The summed E-state index contributed by atoms with van der Waals surface area (Å²) >= 11 is 1.51. The highest BCUT2D eigenvalue weighted by Gasteiger charge is 2.16. The fourth-order valence-corrected chi connectivity index (χ4v) is 2.37. The number of rotatable bonds is 4. The SMILES string of the molecule is Cc1c(C(=O)OCc2nc(-c3cccs3)no2)cnn1C. The highest BCUT2D eigenvalue weighted by Crippen LogP contribution is 2.21. The monoisotopic (exact) mass is 304 g/mol. The predicted molar refractivity (Wildman–Crippen MR) is 74.7 cm³/mol. The summed E-state index contributed by atoms with van der Waals surface area (Å²) in [6, 6.07) is 3.80. The number of thiophene rings is 1. The number of aromatic nitrogens is 4. The molecule has 3 heterocycles. The number of esters is 1. The Bertz CT molecular complexity index is 760. The standard InChI is InChI=1S/C13H12N4O3S/c1-8-9(6-14-17(8)2)13(18)19-7-11-15-12(16-20-11)10-4-3-5-21-10/h3-6H,7H2,1-2H3. The lowest BCUT2D eigenvalue weighted by molar-refractivity contribution is 0.0429. The topological polar surface area (TPSA) is 83.0 Å². The fourth-order valence-electron chi connectivity index (χ4n) is 1.72. The molecule has 0 fully saturated rings. The third-order valence-electron chi connectivity index (χ3n) is 2.99. The largest absolute Gasteiger partial charge is 0.452 e. The number of aryl methyl sites for hydroxylation is 1. The summed E-state index contributed by atoms with van der Waals surface area (Å²) in [5, 5.41) is 9.77. The Balaban J connectivity index is 1.65. The summed E-state index contributed by atoms with van der Waals surface area (Å²) in [6.45, 7) is 1.73. The van der Waals surface area contributed by atoms with Gasteiger partial charge in [0.15, 0.2) is 6.61 Å². The van der Waals surface area contributed by atoms with Gasteiger partial charge in [-0.3, -0.25) is 4.68 Å². The van der Waals surface area contributed by atoms with Crippen molar-refractivity contribution >= 4 is 17.3 Å². The van der Waals surface area contributed by atoms with Crippen LogP contribution in [0.4, 0.5) is 0 Å². The number of carbonyl (C=O) groups is 1. The lowest BCUT2D eigenvalue weighted by Gasteiger charge is -2.00. The van der Waals surface area contributed by atoms with Crippen LogP contribution in [0.5, 0.6) is 0 Å². The fraction of sp³-hybridized carbons (Fsp3) is 0.231. The van der Waals surface area contributed by atoms with Crippen LogP contribution in [-0.4, -0.2) is 25.9 Å². The van der Waals surface area contributed by atoms with Crippen LogP contribution in [0.1, 0.15) is 21.9 Å². The average molecular weight is 304 g/mol. The number of hydrogen-bond donors (Lipinski definition) is 0. The van der Waals surface area contributed by atoms with Gasteiger partial charge in [-0.25, -0.2) is 4.79 Å². The molecule has 108 valence electrons. The van der Waals surface area contributed by atoms with Crippen LogP contribution in [0, 0.1) is 6.92 Å². The summed E-state index contributed by atoms with van der Waals surface area (Å²) in [7, 11) is 1.76. The maximum absolute atomic E-state index is 11.9. The number of carbonyl (C=O) groups excluding carboxylic acids is 1. The first-order valence-corrected chi connectivity index (χ1v) is 7.05. The van der Waals surface area contributed by atoms with E-state index >= 15 is 0 Å². The summed E-state index contributed by atoms with van der Waals surface area (Å²) in [6.07, 6.45) is 1.47. The minimum atomic E-state index is -0.462. The van der Waals surface area contributed by atoms with Gasteiger partial charge in [0.25, 0.3) is 5.89 Å². The quantitative estimate of drug-likeness (QED) is 0.687. The van der Waals surface area contributed by atoms with Crippen LogP contribution >= 0.6 is 11.3 Å². The second kappa shape index (κ2) is 5.49. The van der Waals surface area contributed by atoms with Gasteiger partial charge in [0.2, 0.25) is 5.82 Å². The summed E-state index contributed by atoms with van der Waals surface area (Å²) < 4.78 is 11.8. The van der Waals surface area contributed by atoms with Crippen LogP contribution < -0.4 is 0 Å². The molecular formula is C13H12N4O3S. The van der Waals surface area contributed by atoms with E-state index in [1.54, 1.807) is 18.7 Å². The van der Waals surface area contributed by atoms with Crippen LogP contribution in [0.2, 0.25) is 0 Å². The van der Waals surface area contributed by atoms with E-state index in [1.807, 2.05) is 17.5 Å². The summed E-state index contributed by atoms with van der Waals surface area (Å²) in [5.74, 6) is 0.290. The first-order valence-electron chi connectivity index (χ1n) is 6.17. The molecule has 0 saturated carbocycles. The van der Waals surface area contributed by atoms with E-state index in [1.165, 1.54) is 17.5 Å². The summed E-state index contributed by atoms with van der Waals surface area (Å²) in [4.78, 5) is 17.0. The normalized spacial score (nSPS) is 10.8. The second-order valence-electron chi connectivity index (χ2n) is 4.33. The van der Waals surface area contributed by atoms with Gasteiger partial charge in [-0.1, -0.05) is 11.2 Å². The highest BCUT2D eigenvalue weighted by molar-refractivity contribution is 7.13. The van der Waals surface area contributed by atoms with Crippen molar-refractivity contribution in [2.75, 3.05) is 0 Å². The Morgan fingerprint density at radius 3 is 3.05 bits per heavy atom. The van der Waals surface area contributed by atoms with Crippen molar-refractivity contribution in [3.8, 4) is 10.7 Å². The molecule has 8 heteroatoms. The molecule has 0 bridgehead atoms. The predicted octanol–water partition coefficient (Wildman–Crippen LogP) is 2.20. The minimum Gasteiger partial charge on any atom is -0.452 e. The second-order valence-corrected chi connectivity index (χ2v) is 5.28. The molecule has 0 unspecified atom stereocenters. The molecule has 21 heavy (non-hydrogen) atoms. The molecule has 0 aliphatic heterocycles. The Morgan fingerprint density at radius 2 is 2.38 bits per heavy atom. The average Bonchev–Trinajstić information content (AvgIpc) is 3.19. The molecule has 0 atom stereocenters. The zero-order valence-electron chi connectivity index (χ0n) is 11.4. The molecular weight excluding hydrogens is 292 g/mol. The van der Waals surface area contributed by atoms with E-state index in [-0.39, 0.29) is 12.5 Å². The van der Waals surface area contributed by atoms with Gasteiger partial charge in [0.1, 0.15) is 5.56 Å². The van der Waals surface area contributed by atoms with Crippen LogP contribution in [0.25, 0.3) is 10.7 Å². The molecule has 0 aliphatic carbocycles. The first kappa shape index (κ1) is 13.5. The number of ether oxygens (including phenoxy) is 1. The molecule has 0 saturated heterocycles. The lowest BCUT2D eigenvalue weighted by Crippen LogP contribution is -2.07. The van der Waals surface area contributed by atoms with E-state index in [9.17, 15) is 4.79 Å². The van der Waals surface area contributed by atoms with Gasteiger partial charge >= 0.3 is 5.97 Å². The van der Waals surface area contributed by atoms with Gasteiger partial charge in [-0.15, -0.1) is 11.3 Å². The van der Waals surface area contributed by atoms with Crippen LogP contribution in [0.15, 0.2) is 28.2 Å². The van der Waals surface area contributed by atoms with Crippen molar-refractivity contribution < 1.29 is 14.1 Å². The Hall–Kier alpha value is -2.48. The number of nitrogens with zero attached hydrogens (tertiary/aromatic N) is 4. The van der Waals surface area contributed by atoms with Gasteiger partial charge in [-0.05, 0) is 18.4 Å². The van der Waals surface area contributed by atoms with Gasteiger partial charge in [-0.2, -0.15) is 10.1 Å². The zero-order valence-corrected chi connectivity index (χ0v) is 12.3. The first-order chi connectivity index (χ1) is 10.1. The molecule has 7 nitrogen and oxygen atoms in total. The Kier molecular flexibility index (Phi) is 3.53. The Morgan fingerprint density at radius 1 is 1.52 bits per heavy atom. The third kappa shape index (κ3) is 2.70. The smallest absolute Gasteiger partial charge is 0.342 e. The van der Waals surface area contributed by atoms with Crippen LogP contribution in [0.3, 0.4) is 0 Å². The van der Waals surface area contributed by atoms with Crippen molar-refractivity contribution in [3.63, 3.8) is 0 Å². The third-order valence-corrected chi connectivity index (χ3v) is 3.86. The van der Waals surface area contributed by atoms with Gasteiger partial charge < -0.3 is 9.26 Å². The zero-order chi connectivity index (χ0) is 14.8. The molecule has 3 rings (SSSR count). The minimum absolute atomic E-state index is 0.0639. The van der Waals surface area contributed by atoms with Gasteiger partial charge in [0, 0.05) is 12.7 Å². The van der Waals surface area contributed by atoms with Crippen molar-refractivity contribution in [3.05, 3.63) is 40.9 Å². The van der Waals surface area contributed by atoms with E-state index in [0.717, 1.165) is 10.6 Å². The molecule has 0 spiro atoms. The van der Waals surface area contributed by atoms with Crippen molar-refractivity contribution in [2.45, 2.75) is 13.5 Å². The lowest BCUT2D eigenvalue weighted by atomic mass is 10.3. The van der Waals surface area contributed by atoms with E-state index in [2.05, 4.69) is 15.2 Å². The van der Waals surface area contributed by atoms with E-state index in [0.29, 0.717) is 11.4 Å². The number of hydrogen-bond acceptors (Lipinski definition) is 7. The van der Waals surface area contributed by atoms with Gasteiger partial charge in [0.05, 0.1) is 11.1 Å². The van der Waals surface area contributed by atoms with Crippen molar-refractivity contribution in [2.24, 2.45) is 7.05 Å². The molecule has 0 aliphatic rings. The van der Waals surface area contributed by atoms with Crippen molar-refractivity contribution in [1.29, 1.82) is 0 Å². The van der Waals surface area contributed by atoms with E-state index < -0.39 is 5.97 Å². The van der Waals surface area contributed by atoms with E-state index in [4.69, 9.17) is 9.26 Å². The van der Waals surface area contributed by atoms with Crippen LogP contribution in [-0.2, 0) is 18.4 Å². The highest BCUT2D eigenvalue weighted by atomic mass is 32.1. The molecule has 0 radical (unpaired) electrons.